The molecule has 0 radical (unpaired) electrons. The van der Waals surface area contributed by atoms with Crippen molar-refractivity contribution in [2.75, 3.05) is 46.5 Å². The topological polar surface area (TPSA) is 24.9 Å². The lowest BCUT2D eigenvalue weighted by Gasteiger charge is -2.46. The summed E-state index contributed by atoms with van der Waals surface area (Å²) in [5.41, 5.74) is 1.10. The molecule has 2 heterocycles. The van der Waals surface area contributed by atoms with Crippen molar-refractivity contribution in [1.82, 2.24) is 9.80 Å². The van der Waals surface area contributed by atoms with Gasteiger partial charge in [0, 0.05) is 38.8 Å². The number of likely N-dealkylation sites (tertiary alicyclic amines) is 1. The summed E-state index contributed by atoms with van der Waals surface area (Å²) >= 11 is 0. The maximum atomic E-state index is 13.4. The summed E-state index contributed by atoms with van der Waals surface area (Å²) in [6, 6.07) is 5.76. The molecule has 20 heavy (non-hydrogen) atoms. The third-order valence-corrected chi connectivity index (χ3v) is 4.12. The van der Waals surface area contributed by atoms with Crippen molar-refractivity contribution in [3.05, 3.63) is 29.6 Å². The monoisotopic (exact) mass is 280 g/mol. The molecule has 0 amide bonds. The van der Waals surface area contributed by atoms with Gasteiger partial charge in [-0.15, -0.1) is 0 Å². The van der Waals surface area contributed by atoms with E-state index < -0.39 is 0 Å². The summed E-state index contributed by atoms with van der Waals surface area (Å²) in [6.45, 7) is 6.82. The predicted octanol–water partition coefficient (Wildman–Crippen LogP) is 1.35. The lowest BCUT2D eigenvalue weighted by atomic mass is 10.0. The van der Waals surface area contributed by atoms with Crippen LogP contribution in [-0.4, -0.2) is 62.3 Å². The van der Waals surface area contributed by atoms with Crippen LogP contribution in [0, 0.1) is 5.82 Å². The van der Waals surface area contributed by atoms with E-state index >= 15 is 0 Å². The predicted molar refractivity (Wildman–Crippen MR) is 74.4 cm³/mol. The first-order valence-electron chi connectivity index (χ1n) is 7.13. The van der Waals surface area contributed by atoms with E-state index in [4.69, 9.17) is 9.47 Å². The minimum Gasteiger partial charge on any atom is -0.494 e. The molecule has 3 rings (SSSR count). The third-order valence-electron chi connectivity index (χ3n) is 4.12. The fourth-order valence-corrected chi connectivity index (χ4v) is 2.91. The molecule has 0 aliphatic carbocycles. The molecular weight excluding hydrogens is 259 g/mol. The summed E-state index contributed by atoms with van der Waals surface area (Å²) in [4.78, 5) is 4.89. The van der Waals surface area contributed by atoms with Gasteiger partial charge in [-0.05, 0) is 17.7 Å². The van der Waals surface area contributed by atoms with E-state index in [1.54, 1.807) is 6.07 Å². The Balaban J connectivity index is 1.50. The zero-order chi connectivity index (χ0) is 13.9. The molecule has 5 heteroatoms. The van der Waals surface area contributed by atoms with E-state index in [2.05, 4.69) is 9.80 Å². The second kappa shape index (κ2) is 6.08. The summed E-state index contributed by atoms with van der Waals surface area (Å²) in [5.74, 6) is 0.0267. The van der Waals surface area contributed by atoms with E-state index in [-0.39, 0.29) is 5.82 Å². The smallest absolute Gasteiger partial charge is 0.165 e. The molecule has 0 N–H and O–H groups in total. The van der Waals surface area contributed by atoms with Gasteiger partial charge in [0.25, 0.3) is 0 Å². The summed E-state index contributed by atoms with van der Waals surface area (Å²) in [5, 5.41) is 0. The first-order chi connectivity index (χ1) is 9.76. The minimum absolute atomic E-state index is 0.300. The van der Waals surface area contributed by atoms with Crippen molar-refractivity contribution in [3.63, 3.8) is 0 Å². The van der Waals surface area contributed by atoms with E-state index in [9.17, 15) is 4.39 Å². The Morgan fingerprint density at radius 1 is 1.30 bits per heavy atom. The second-order valence-corrected chi connectivity index (χ2v) is 5.47. The SMILES string of the molecule is COc1cc(CN2CC(N3CCOCC3)C2)ccc1F. The Kier molecular flexibility index (Phi) is 4.19. The number of morpholine rings is 1. The van der Waals surface area contributed by atoms with Crippen molar-refractivity contribution in [2.24, 2.45) is 0 Å². The molecule has 2 fully saturated rings. The fraction of sp³-hybridized carbons (Fsp3) is 0.600. The van der Waals surface area contributed by atoms with Crippen LogP contribution in [0.3, 0.4) is 0 Å². The van der Waals surface area contributed by atoms with Crippen LogP contribution >= 0.6 is 0 Å². The van der Waals surface area contributed by atoms with Gasteiger partial charge in [0.15, 0.2) is 11.6 Å². The molecule has 110 valence electrons. The standard InChI is InChI=1S/C15H21FN2O2/c1-19-15-8-12(2-3-14(15)16)9-17-10-13(11-17)18-4-6-20-7-5-18/h2-3,8,13H,4-7,9-11H2,1H3. The molecule has 2 aliphatic heterocycles. The molecule has 0 aromatic heterocycles. The first kappa shape index (κ1) is 13.8. The van der Waals surface area contributed by atoms with Gasteiger partial charge in [-0.25, -0.2) is 4.39 Å². The quantitative estimate of drug-likeness (QED) is 0.831. The van der Waals surface area contributed by atoms with Crippen molar-refractivity contribution < 1.29 is 13.9 Å². The highest BCUT2D eigenvalue weighted by Gasteiger charge is 2.32. The lowest BCUT2D eigenvalue weighted by molar-refractivity contribution is -0.0344. The van der Waals surface area contributed by atoms with Crippen molar-refractivity contribution in [1.29, 1.82) is 0 Å². The van der Waals surface area contributed by atoms with Gasteiger partial charge in [0.2, 0.25) is 0 Å². The molecule has 0 saturated carbocycles. The van der Waals surface area contributed by atoms with E-state index in [1.807, 2.05) is 6.07 Å². The average molecular weight is 280 g/mol. The molecule has 0 unspecified atom stereocenters. The fourth-order valence-electron chi connectivity index (χ4n) is 2.91. The van der Waals surface area contributed by atoms with Gasteiger partial charge in [-0.1, -0.05) is 6.07 Å². The van der Waals surface area contributed by atoms with Gasteiger partial charge < -0.3 is 9.47 Å². The molecule has 0 spiro atoms. The highest BCUT2D eigenvalue weighted by molar-refractivity contribution is 5.30. The molecule has 1 aromatic carbocycles. The van der Waals surface area contributed by atoms with E-state index in [1.165, 1.54) is 13.2 Å². The van der Waals surface area contributed by atoms with Gasteiger partial charge in [0.1, 0.15) is 0 Å². The number of hydrogen-bond acceptors (Lipinski definition) is 4. The Morgan fingerprint density at radius 3 is 2.75 bits per heavy atom. The van der Waals surface area contributed by atoms with Crippen molar-refractivity contribution >= 4 is 0 Å². The molecule has 4 nitrogen and oxygen atoms in total. The zero-order valence-corrected chi connectivity index (χ0v) is 11.8. The van der Waals surface area contributed by atoms with Gasteiger partial charge in [-0.2, -0.15) is 0 Å². The number of nitrogens with zero attached hydrogens (tertiary/aromatic N) is 2. The normalized spacial score (nSPS) is 21.7. The van der Waals surface area contributed by atoms with Crippen LogP contribution in [0.4, 0.5) is 4.39 Å². The van der Waals surface area contributed by atoms with Gasteiger partial charge >= 0.3 is 0 Å². The van der Waals surface area contributed by atoms with Crippen molar-refractivity contribution in [3.8, 4) is 5.75 Å². The number of halogens is 1. The van der Waals surface area contributed by atoms with Crippen LogP contribution in [0.2, 0.25) is 0 Å². The van der Waals surface area contributed by atoms with E-state index in [0.29, 0.717) is 11.8 Å². The van der Waals surface area contributed by atoms with Gasteiger partial charge in [0.05, 0.1) is 20.3 Å². The number of benzene rings is 1. The largest absolute Gasteiger partial charge is 0.494 e. The first-order valence-corrected chi connectivity index (χ1v) is 7.13. The van der Waals surface area contributed by atoms with Crippen LogP contribution < -0.4 is 4.74 Å². The minimum atomic E-state index is -0.300. The molecule has 0 bridgehead atoms. The molecule has 1 aromatic rings. The number of rotatable bonds is 4. The van der Waals surface area contributed by atoms with Crippen LogP contribution in [0.25, 0.3) is 0 Å². The zero-order valence-electron chi connectivity index (χ0n) is 11.8. The Hall–Kier alpha value is -1.17. The maximum Gasteiger partial charge on any atom is 0.165 e. The Bertz CT molecular complexity index is 457. The third kappa shape index (κ3) is 2.95. The Morgan fingerprint density at radius 2 is 2.05 bits per heavy atom. The number of ether oxygens (including phenoxy) is 2. The van der Waals surface area contributed by atoms with Crippen LogP contribution in [0.1, 0.15) is 5.56 Å². The van der Waals surface area contributed by atoms with Crippen molar-refractivity contribution in [2.45, 2.75) is 12.6 Å². The summed E-state index contributed by atoms with van der Waals surface area (Å²) in [6.07, 6.45) is 0. The summed E-state index contributed by atoms with van der Waals surface area (Å²) in [7, 11) is 1.50. The lowest BCUT2D eigenvalue weighted by Crippen LogP contribution is -2.60. The number of methoxy groups -OCH3 is 1. The average Bonchev–Trinajstić information content (AvgIpc) is 2.45. The highest BCUT2D eigenvalue weighted by atomic mass is 19.1. The molecular formula is C15H21FN2O2. The van der Waals surface area contributed by atoms with Gasteiger partial charge in [-0.3, -0.25) is 9.80 Å². The molecule has 0 atom stereocenters. The number of hydrogen-bond donors (Lipinski definition) is 0. The highest BCUT2D eigenvalue weighted by Crippen LogP contribution is 2.22. The summed E-state index contributed by atoms with van der Waals surface area (Å²) < 4.78 is 23.7. The Labute approximate surface area is 119 Å². The van der Waals surface area contributed by atoms with Crippen LogP contribution in [-0.2, 0) is 11.3 Å². The van der Waals surface area contributed by atoms with E-state index in [0.717, 1.165) is 51.5 Å². The molecule has 2 aliphatic rings. The maximum absolute atomic E-state index is 13.4. The van der Waals surface area contributed by atoms with Crippen LogP contribution in [0.15, 0.2) is 18.2 Å². The molecule has 2 saturated heterocycles. The van der Waals surface area contributed by atoms with Crippen LogP contribution in [0.5, 0.6) is 5.75 Å². The second-order valence-electron chi connectivity index (χ2n) is 5.47.